The molecule has 2 aromatic carbocycles. The van der Waals surface area contributed by atoms with Crippen molar-refractivity contribution in [2.45, 2.75) is 6.54 Å². The SMILES string of the molecule is N=C1c2ccccc2CN1c1cnc2ccccc2c1. The highest BCUT2D eigenvalue weighted by molar-refractivity contribution is 6.12. The molecule has 0 fully saturated rings. The quantitative estimate of drug-likeness (QED) is 0.725. The highest BCUT2D eigenvalue weighted by Gasteiger charge is 2.24. The third-order valence-corrected chi connectivity index (χ3v) is 3.76. The molecule has 0 aliphatic carbocycles. The van der Waals surface area contributed by atoms with Crippen molar-refractivity contribution in [1.29, 1.82) is 5.41 Å². The Morgan fingerprint density at radius 1 is 1.00 bits per heavy atom. The van der Waals surface area contributed by atoms with Crippen LogP contribution in [0.25, 0.3) is 10.9 Å². The molecule has 1 aromatic heterocycles. The van der Waals surface area contributed by atoms with Crippen LogP contribution in [0.15, 0.2) is 60.8 Å². The molecule has 0 saturated heterocycles. The minimum Gasteiger partial charge on any atom is -0.320 e. The summed E-state index contributed by atoms with van der Waals surface area (Å²) in [6, 6.07) is 18.2. The summed E-state index contributed by atoms with van der Waals surface area (Å²) in [5.41, 5.74) is 4.18. The van der Waals surface area contributed by atoms with E-state index in [9.17, 15) is 0 Å². The van der Waals surface area contributed by atoms with E-state index < -0.39 is 0 Å². The van der Waals surface area contributed by atoms with Crippen LogP contribution in [0.1, 0.15) is 11.1 Å². The van der Waals surface area contributed by atoms with Crippen LogP contribution in [-0.2, 0) is 6.54 Å². The molecule has 0 unspecified atom stereocenters. The van der Waals surface area contributed by atoms with Crippen LogP contribution >= 0.6 is 0 Å². The summed E-state index contributed by atoms with van der Waals surface area (Å²) >= 11 is 0. The number of pyridine rings is 1. The number of hydrogen-bond acceptors (Lipinski definition) is 2. The second kappa shape index (κ2) is 4.17. The lowest BCUT2D eigenvalue weighted by Crippen LogP contribution is -2.23. The second-order valence-electron chi connectivity index (χ2n) is 4.98. The van der Waals surface area contributed by atoms with E-state index in [1.54, 1.807) is 0 Å². The molecule has 3 nitrogen and oxygen atoms in total. The van der Waals surface area contributed by atoms with Crippen molar-refractivity contribution in [1.82, 2.24) is 4.98 Å². The van der Waals surface area contributed by atoms with Crippen molar-refractivity contribution in [2.75, 3.05) is 4.90 Å². The number of fused-ring (bicyclic) bond motifs is 2. The van der Waals surface area contributed by atoms with E-state index in [0.717, 1.165) is 28.7 Å². The lowest BCUT2D eigenvalue weighted by Gasteiger charge is -2.18. The summed E-state index contributed by atoms with van der Waals surface area (Å²) in [6.07, 6.45) is 1.85. The van der Waals surface area contributed by atoms with E-state index in [1.807, 2.05) is 47.5 Å². The maximum absolute atomic E-state index is 8.33. The van der Waals surface area contributed by atoms with Crippen LogP contribution in [-0.4, -0.2) is 10.8 Å². The third-order valence-electron chi connectivity index (χ3n) is 3.76. The molecule has 0 spiro atoms. The zero-order valence-corrected chi connectivity index (χ0v) is 10.9. The van der Waals surface area contributed by atoms with Crippen LogP contribution in [0.4, 0.5) is 5.69 Å². The van der Waals surface area contributed by atoms with Gasteiger partial charge in [-0.05, 0) is 17.7 Å². The number of benzene rings is 2. The molecule has 4 rings (SSSR count). The molecule has 0 bridgehead atoms. The number of hydrogen-bond donors (Lipinski definition) is 1. The smallest absolute Gasteiger partial charge is 0.133 e. The highest BCUT2D eigenvalue weighted by atomic mass is 15.2. The molecule has 1 aliphatic rings. The zero-order chi connectivity index (χ0) is 13.5. The van der Waals surface area contributed by atoms with Gasteiger partial charge in [0.25, 0.3) is 0 Å². The zero-order valence-electron chi connectivity index (χ0n) is 10.9. The van der Waals surface area contributed by atoms with Crippen LogP contribution in [0, 0.1) is 5.41 Å². The summed E-state index contributed by atoms with van der Waals surface area (Å²) in [6.45, 7) is 0.745. The van der Waals surface area contributed by atoms with Crippen LogP contribution in [0.3, 0.4) is 0 Å². The molecule has 0 radical (unpaired) electrons. The summed E-state index contributed by atoms with van der Waals surface area (Å²) in [5.74, 6) is 0.553. The van der Waals surface area contributed by atoms with E-state index >= 15 is 0 Å². The molecule has 0 atom stereocenters. The summed E-state index contributed by atoms with van der Waals surface area (Å²) in [4.78, 5) is 6.49. The number of nitrogens with zero attached hydrogens (tertiary/aromatic N) is 2. The summed E-state index contributed by atoms with van der Waals surface area (Å²) < 4.78 is 0. The van der Waals surface area contributed by atoms with Gasteiger partial charge >= 0.3 is 0 Å². The Bertz CT molecular complexity index is 823. The first-order chi connectivity index (χ1) is 9.83. The van der Waals surface area contributed by atoms with E-state index in [1.165, 1.54) is 5.56 Å². The fourth-order valence-corrected chi connectivity index (χ4v) is 2.71. The largest absolute Gasteiger partial charge is 0.320 e. The number of nitrogens with one attached hydrogen (secondary N) is 1. The first-order valence-corrected chi connectivity index (χ1v) is 6.62. The minimum atomic E-state index is 0.553. The second-order valence-corrected chi connectivity index (χ2v) is 4.98. The fourth-order valence-electron chi connectivity index (χ4n) is 2.71. The Kier molecular flexibility index (Phi) is 2.33. The van der Waals surface area contributed by atoms with E-state index in [0.29, 0.717) is 5.84 Å². The monoisotopic (exact) mass is 259 g/mol. The average molecular weight is 259 g/mol. The summed E-state index contributed by atoms with van der Waals surface area (Å²) in [5, 5.41) is 9.44. The molecule has 3 aromatic rings. The first kappa shape index (κ1) is 11.2. The van der Waals surface area contributed by atoms with Gasteiger partial charge in [0.1, 0.15) is 5.84 Å². The van der Waals surface area contributed by atoms with Gasteiger partial charge in [-0.15, -0.1) is 0 Å². The molecule has 0 amide bonds. The third kappa shape index (κ3) is 1.60. The van der Waals surface area contributed by atoms with Crippen molar-refractivity contribution in [2.24, 2.45) is 0 Å². The number of rotatable bonds is 1. The fraction of sp³-hybridized carbons (Fsp3) is 0.0588. The molecule has 20 heavy (non-hydrogen) atoms. The molecule has 2 heterocycles. The van der Waals surface area contributed by atoms with Gasteiger partial charge in [-0.25, -0.2) is 0 Å². The van der Waals surface area contributed by atoms with E-state index in [2.05, 4.69) is 23.2 Å². The molecule has 0 saturated carbocycles. The average Bonchev–Trinajstić information content (AvgIpc) is 2.84. The topological polar surface area (TPSA) is 40.0 Å². The van der Waals surface area contributed by atoms with Crippen LogP contribution < -0.4 is 4.90 Å². The van der Waals surface area contributed by atoms with Gasteiger partial charge in [0.15, 0.2) is 0 Å². The molecule has 1 N–H and O–H groups in total. The van der Waals surface area contributed by atoms with Gasteiger partial charge in [-0.2, -0.15) is 0 Å². The van der Waals surface area contributed by atoms with Crippen molar-refractivity contribution in [3.8, 4) is 0 Å². The highest BCUT2D eigenvalue weighted by Crippen LogP contribution is 2.29. The van der Waals surface area contributed by atoms with Gasteiger partial charge in [0.05, 0.1) is 23.9 Å². The van der Waals surface area contributed by atoms with Crippen LogP contribution in [0.2, 0.25) is 0 Å². The predicted molar refractivity (Wildman–Crippen MR) is 81.2 cm³/mol. The maximum Gasteiger partial charge on any atom is 0.133 e. The van der Waals surface area contributed by atoms with Gasteiger partial charge in [-0.3, -0.25) is 10.4 Å². The molecular formula is C17H13N3. The van der Waals surface area contributed by atoms with Gasteiger partial charge in [0.2, 0.25) is 0 Å². The van der Waals surface area contributed by atoms with E-state index in [-0.39, 0.29) is 0 Å². The predicted octanol–water partition coefficient (Wildman–Crippen LogP) is 3.58. The van der Waals surface area contributed by atoms with Gasteiger partial charge < -0.3 is 4.90 Å². The summed E-state index contributed by atoms with van der Waals surface area (Å²) in [7, 11) is 0. The Hall–Kier alpha value is -2.68. The Labute approximate surface area is 117 Å². The molecule has 3 heteroatoms. The lowest BCUT2D eigenvalue weighted by molar-refractivity contribution is 1.04. The van der Waals surface area contributed by atoms with Crippen LogP contribution in [0.5, 0.6) is 0 Å². The molecular weight excluding hydrogens is 246 g/mol. The first-order valence-electron chi connectivity index (χ1n) is 6.62. The molecule has 1 aliphatic heterocycles. The minimum absolute atomic E-state index is 0.553. The molecule has 96 valence electrons. The maximum atomic E-state index is 8.33. The standard InChI is InChI=1S/C17H13N3/c18-17-15-7-3-1-6-13(15)11-20(17)14-9-12-5-2-4-8-16(12)19-10-14/h1-10,18H,11H2. The number of aromatic nitrogens is 1. The van der Waals surface area contributed by atoms with Gasteiger partial charge in [-0.1, -0.05) is 42.5 Å². The van der Waals surface area contributed by atoms with Crippen molar-refractivity contribution < 1.29 is 0 Å². The number of anilines is 1. The Morgan fingerprint density at radius 3 is 2.70 bits per heavy atom. The Morgan fingerprint density at radius 2 is 1.80 bits per heavy atom. The lowest BCUT2D eigenvalue weighted by atomic mass is 10.1. The van der Waals surface area contributed by atoms with Crippen molar-refractivity contribution in [3.63, 3.8) is 0 Å². The van der Waals surface area contributed by atoms with Crippen molar-refractivity contribution in [3.05, 3.63) is 71.9 Å². The number of amidine groups is 1. The van der Waals surface area contributed by atoms with Gasteiger partial charge in [0, 0.05) is 10.9 Å². The van der Waals surface area contributed by atoms with E-state index in [4.69, 9.17) is 5.41 Å². The Balaban J connectivity index is 1.80. The number of para-hydroxylation sites is 1. The van der Waals surface area contributed by atoms with Crippen molar-refractivity contribution >= 4 is 22.4 Å². The normalized spacial score (nSPS) is 13.8.